The van der Waals surface area contributed by atoms with E-state index in [2.05, 4.69) is 30.7 Å². The van der Waals surface area contributed by atoms with E-state index in [0.717, 1.165) is 28.5 Å². The Morgan fingerprint density at radius 2 is 1.93 bits per heavy atom. The molecule has 9 heteroatoms. The number of aromatic amines is 1. The van der Waals surface area contributed by atoms with E-state index < -0.39 is 6.09 Å². The molecular weight excluding hydrogens is 500 g/mol. The number of hydrogen-bond acceptors (Lipinski definition) is 3. The number of halogens is 2. The van der Waals surface area contributed by atoms with Gasteiger partial charge in [-0.3, -0.25) is 10.3 Å². The first-order chi connectivity index (χ1) is 14.1. The second-order valence-electron chi connectivity index (χ2n) is 6.42. The van der Waals surface area contributed by atoms with Crippen molar-refractivity contribution in [2.24, 2.45) is 4.99 Å². The number of ether oxygens (including phenoxy) is 1. The molecule has 2 aromatic carbocycles. The molecule has 0 fully saturated rings. The first-order valence-electron chi connectivity index (χ1n) is 9.23. The van der Waals surface area contributed by atoms with Crippen LogP contribution in [0, 0.1) is 5.82 Å². The highest BCUT2D eigenvalue weighted by molar-refractivity contribution is 14.0. The molecule has 0 atom stereocenters. The Morgan fingerprint density at radius 1 is 1.17 bits per heavy atom. The van der Waals surface area contributed by atoms with Crippen molar-refractivity contribution in [2.75, 3.05) is 26.0 Å². The molecule has 1 amide bonds. The van der Waals surface area contributed by atoms with Crippen LogP contribution in [-0.4, -0.2) is 37.7 Å². The number of guanidine groups is 1. The lowest BCUT2D eigenvalue weighted by Crippen LogP contribution is -2.37. The van der Waals surface area contributed by atoms with E-state index in [-0.39, 0.29) is 29.8 Å². The Balaban J connectivity index is 0.00000320. The highest BCUT2D eigenvalue weighted by Gasteiger charge is 2.06. The number of rotatable bonds is 6. The molecule has 0 unspecified atom stereocenters. The first-order valence-corrected chi connectivity index (χ1v) is 9.23. The van der Waals surface area contributed by atoms with Gasteiger partial charge in [0.15, 0.2) is 5.96 Å². The average Bonchev–Trinajstić information content (AvgIpc) is 3.13. The largest absolute Gasteiger partial charge is 0.453 e. The molecule has 30 heavy (non-hydrogen) atoms. The van der Waals surface area contributed by atoms with E-state index in [1.165, 1.54) is 19.2 Å². The molecule has 160 valence electrons. The number of fused-ring (bicyclic) bond motifs is 1. The second kappa shape index (κ2) is 11.4. The van der Waals surface area contributed by atoms with Crippen molar-refractivity contribution in [3.63, 3.8) is 0 Å². The average molecular weight is 525 g/mol. The zero-order chi connectivity index (χ0) is 20.6. The minimum Gasteiger partial charge on any atom is -0.453 e. The Labute approximate surface area is 191 Å². The maximum Gasteiger partial charge on any atom is 0.411 e. The number of nitrogens with zero attached hydrogens (tertiary/aromatic N) is 1. The molecular formula is C21H25FIN5O2. The monoisotopic (exact) mass is 525 g/mol. The fourth-order valence-electron chi connectivity index (χ4n) is 2.96. The van der Waals surface area contributed by atoms with Crippen molar-refractivity contribution >= 4 is 52.6 Å². The fourth-order valence-corrected chi connectivity index (χ4v) is 2.96. The predicted octanol–water partition coefficient (Wildman–Crippen LogP) is 4.01. The molecule has 0 radical (unpaired) electrons. The molecule has 1 heterocycles. The molecule has 4 N–H and O–H groups in total. The Kier molecular flexibility index (Phi) is 8.90. The summed E-state index contributed by atoms with van der Waals surface area (Å²) in [5.74, 6) is 0.440. The zero-order valence-electron chi connectivity index (χ0n) is 16.8. The highest BCUT2D eigenvalue weighted by atomic mass is 127. The number of hydrogen-bond donors (Lipinski definition) is 4. The van der Waals surface area contributed by atoms with Crippen molar-refractivity contribution in [3.05, 3.63) is 65.6 Å². The van der Waals surface area contributed by atoms with Gasteiger partial charge in [0, 0.05) is 42.9 Å². The van der Waals surface area contributed by atoms with E-state index >= 15 is 0 Å². The Morgan fingerprint density at radius 3 is 2.63 bits per heavy atom. The molecule has 3 aromatic rings. The van der Waals surface area contributed by atoms with Crippen molar-refractivity contribution in [1.82, 2.24) is 15.6 Å². The van der Waals surface area contributed by atoms with E-state index in [4.69, 9.17) is 0 Å². The number of H-pyrrole nitrogens is 1. The van der Waals surface area contributed by atoms with Gasteiger partial charge in [-0.05, 0) is 47.9 Å². The van der Waals surface area contributed by atoms with Crippen molar-refractivity contribution in [3.8, 4) is 0 Å². The van der Waals surface area contributed by atoms with Crippen LogP contribution in [0.4, 0.5) is 14.9 Å². The summed E-state index contributed by atoms with van der Waals surface area (Å²) in [6.07, 6.45) is 2.19. The first kappa shape index (κ1) is 23.5. The Hall–Kier alpha value is -2.82. The molecule has 0 aliphatic rings. The smallest absolute Gasteiger partial charge is 0.411 e. The zero-order valence-corrected chi connectivity index (χ0v) is 19.1. The number of carbonyl (C=O) groups excluding carboxylic acids is 1. The summed E-state index contributed by atoms with van der Waals surface area (Å²) >= 11 is 0. The SMILES string of the molecule is CN=C(NCCc1c[nH]c2cc(F)ccc12)NCc1ccc(NC(=O)OC)cc1.I. The molecule has 0 spiro atoms. The van der Waals surface area contributed by atoms with Crippen molar-refractivity contribution in [2.45, 2.75) is 13.0 Å². The number of benzene rings is 2. The number of aromatic nitrogens is 1. The van der Waals surface area contributed by atoms with Crippen LogP contribution >= 0.6 is 24.0 Å². The number of nitrogens with one attached hydrogen (secondary N) is 4. The topological polar surface area (TPSA) is 90.5 Å². The summed E-state index contributed by atoms with van der Waals surface area (Å²) < 4.78 is 17.9. The molecule has 7 nitrogen and oxygen atoms in total. The van der Waals surface area contributed by atoms with Gasteiger partial charge < -0.3 is 20.4 Å². The molecule has 3 rings (SSSR count). The summed E-state index contributed by atoms with van der Waals surface area (Å²) in [6.45, 7) is 1.27. The standard InChI is InChI=1S/C21H24FN5O2.HI/c1-23-20(26-12-14-3-6-17(7-4-14)27-21(28)29-2)24-10-9-15-13-25-19-11-16(22)5-8-18(15)19;/h3-8,11,13,25H,9-10,12H2,1-2H3,(H,27,28)(H2,23,24,26);1H. The third-order valence-corrected chi connectivity index (χ3v) is 4.49. The van der Waals surface area contributed by atoms with Gasteiger partial charge in [-0.2, -0.15) is 0 Å². The van der Waals surface area contributed by atoms with E-state index in [9.17, 15) is 9.18 Å². The number of anilines is 1. The summed E-state index contributed by atoms with van der Waals surface area (Å²) in [6, 6.07) is 12.2. The summed E-state index contributed by atoms with van der Waals surface area (Å²) in [7, 11) is 3.04. The molecule has 1 aromatic heterocycles. The second-order valence-corrected chi connectivity index (χ2v) is 6.42. The maximum absolute atomic E-state index is 13.3. The van der Waals surface area contributed by atoms with Gasteiger partial charge in [-0.1, -0.05) is 12.1 Å². The molecule has 0 bridgehead atoms. The lowest BCUT2D eigenvalue weighted by atomic mass is 10.1. The van der Waals surface area contributed by atoms with Crippen LogP contribution in [0.5, 0.6) is 0 Å². The van der Waals surface area contributed by atoms with Gasteiger partial charge in [-0.15, -0.1) is 24.0 Å². The quantitative estimate of drug-likeness (QED) is 0.223. The number of aliphatic imine (C=N–C) groups is 1. The van der Waals surface area contributed by atoms with Gasteiger partial charge in [0.25, 0.3) is 0 Å². The van der Waals surface area contributed by atoms with Gasteiger partial charge in [-0.25, -0.2) is 9.18 Å². The van der Waals surface area contributed by atoms with Gasteiger partial charge >= 0.3 is 6.09 Å². The lowest BCUT2D eigenvalue weighted by Gasteiger charge is -2.12. The third-order valence-electron chi connectivity index (χ3n) is 4.49. The van der Waals surface area contributed by atoms with Crippen LogP contribution in [0.25, 0.3) is 10.9 Å². The van der Waals surface area contributed by atoms with Crippen LogP contribution in [-0.2, 0) is 17.7 Å². The van der Waals surface area contributed by atoms with Crippen LogP contribution in [0.2, 0.25) is 0 Å². The highest BCUT2D eigenvalue weighted by Crippen LogP contribution is 2.19. The van der Waals surface area contributed by atoms with Crippen LogP contribution in [0.3, 0.4) is 0 Å². The molecule has 0 saturated heterocycles. The summed E-state index contributed by atoms with van der Waals surface area (Å²) in [4.78, 5) is 18.5. The van der Waals surface area contributed by atoms with Gasteiger partial charge in [0.05, 0.1) is 7.11 Å². The van der Waals surface area contributed by atoms with Gasteiger partial charge in [0.1, 0.15) is 5.82 Å². The molecule has 0 aliphatic heterocycles. The maximum atomic E-state index is 13.3. The van der Waals surface area contributed by atoms with Crippen LogP contribution in [0.1, 0.15) is 11.1 Å². The van der Waals surface area contributed by atoms with Crippen molar-refractivity contribution in [1.29, 1.82) is 0 Å². The number of amides is 1. The van der Waals surface area contributed by atoms with Crippen LogP contribution < -0.4 is 16.0 Å². The van der Waals surface area contributed by atoms with E-state index in [0.29, 0.717) is 24.7 Å². The summed E-state index contributed by atoms with van der Waals surface area (Å²) in [5.41, 5.74) is 3.63. The predicted molar refractivity (Wildman–Crippen MR) is 128 cm³/mol. The van der Waals surface area contributed by atoms with E-state index in [1.807, 2.05) is 30.5 Å². The van der Waals surface area contributed by atoms with E-state index in [1.54, 1.807) is 13.1 Å². The third kappa shape index (κ3) is 6.34. The number of methoxy groups -OCH3 is 1. The van der Waals surface area contributed by atoms with Crippen molar-refractivity contribution < 1.29 is 13.9 Å². The van der Waals surface area contributed by atoms with Crippen LogP contribution in [0.15, 0.2) is 53.7 Å². The summed E-state index contributed by atoms with van der Waals surface area (Å²) in [5, 5.41) is 10.2. The fraction of sp³-hybridized carbons (Fsp3) is 0.238. The minimum absolute atomic E-state index is 0. The minimum atomic E-state index is -0.499. The normalized spacial score (nSPS) is 11.0. The van der Waals surface area contributed by atoms with Gasteiger partial charge in [0.2, 0.25) is 0 Å². The number of carbonyl (C=O) groups is 1. The lowest BCUT2D eigenvalue weighted by molar-refractivity contribution is 0.187. The Bertz CT molecular complexity index is 1000. The molecule has 0 saturated carbocycles. The molecule has 0 aliphatic carbocycles.